The molecule has 34 heavy (non-hydrogen) atoms. The number of fused-ring (bicyclic) bond motifs is 1. The van der Waals surface area contributed by atoms with Gasteiger partial charge in [0.2, 0.25) is 0 Å². The normalized spacial score (nSPS) is 17.7. The molecule has 1 aromatic heterocycles. The molecule has 1 fully saturated rings. The maximum absolute atomic E-state index is 12.7. The topological polar surface area (TPSA) is 110 Å². The Balaban J connectivity index is 1.37. The zero-order valence-electron chi connectivity index (χ0n) is 19.6. The quantitative estimate of drug-likeness (QED) is 0.395. The van der Waals surface area contributed by atoms with Crippen LogP contribution in [0, 0.1) is 10.1 Å². The summed E-state index contributed by atoms with van der Waals surface area (Å²) in [6.45, 7) is 0. The molecule has 0 unspecified atom stereocenters. The maximum atomic E-state index is 12.7. The van der Waals surface area contributed by atoms with Gasteiger partial charge in [-0.05, 0) is 37.8 Å². The van der Waals surface area contributed by atoms with E-state index in [0.717, 1.165) is 48.1 Å². The van der Waals surface area contributed by atoms with Gasteiger partial charge < -0.3 is 20.3 Å². The first kappa shape index (κ1) is 23.3. The number of carbonyl (C=O) groups excluding carboxylic acids is 1. The van der Waals surface area contributed by atoms with E-state index in [4.69, 9.17) is 9.72 Å². The fourth-order valence-electron chi connectivity index (χ4n) is 4.43. The highest BCUT2D eigenvalue weighted by Gasteiger charge is 2.24. The number of nitrogens with one attached hydrogen (secondary N) is 2. The average molecular weight is 464 g/mol. The number of methoxy groups -OCH3 is 1. The van der Waals surface area contributed by atoms with E-state index in [0.29, 0.717) is 5.56 Å². The van der Waals surface area contributed by atoms with Crippen LogP contribution in [0.5, 0.6) is 5.75 Å². The van der Waals surface area contributed by atoms with Gasteiger partial charge in [-0.2, -0.15) is 0 Å². The average Bonchev–Trinajstić information content (AvgIpc) is 2.84. The van der Waals surface area contributed by atoms with Gasteiger partial charge in [-0.1, -0.05) is 18.2 Å². The fraction of sp³-hybridized carbons (Fsp3) is 0.360. The molecule has 2 aromatic carbocycles. The van der Waals surface area contributed by atoms with Crippen LogP contribution in [0.4, 0.5) is 17.2 Å². The number of aromatic nitrogens is 1. The second-order valence-corrected chi connectivity index (χ2v) is 8.75. The predicted octanol–water partition coefficient (Wildman–Crippen LogP) is 4.37. The third kappa shape index (κ3) is 5.03. The number of nitro groups is 1. The minimum absolute atomic E-state index is 0.0497. The van der Waals surface area contributed by atoms with Crippen LogP contribution in [0.15, 0.2) is 48.5 Å². The zero-order valence-corrected chi connectivity index (χ0v) is 19.6. The van der Waals surface area contributed by atoms with Crippen molar-refractivity contribution in [1.29, 1.82) is 0 Å². The van der Waals surface area contributed by atoms with Crippen LogP contribution in [0.2, 0.25) is 0 Å². The SMILES string of the molecule is COc1cc(C(=O)NC2CCC(Nc3cc(N(C)C)c4ccccc4n3)CC2)ccc1[N+](=O)[O-]. The van der Waals surface area contributed by atoms with Gasteiger partial charge >= 0.3 is 5.69 Å². The molecule has 178 valence electrons. The third-order valence-electron chi connectivity index (χ3n) is 6.23. The van der Waals surface area contributed by atoms with Gasteiger partial charge in [0.1, 0.15) is 5.82 Å². The van der Waals surface area contributed by atoms with Gasteiger partial charge in [-0.3, -0.25) is 14.9 Å². The number of ether oxygens (including phenoxy) is 1. The largest absolute Gasteiger partial charge is 0.490 e. The summed E-state index contributed by atoms with van der Waals surface area (Å²) < 4.78 is 5.07. The second-order valence-electron chi connectivity index (χ2n) is 8.75. The third-order valence-corrected chi connectivity index (χ3v) is 6.23. The Morgan fingerprint density at radius 2 is 1.79 bits per heavy atom. The monoisotopic (exact) mass is 463 g/mol. The number of para-hydroxylation sites is 1. The Morgan fingerprint density at radius 1 is 1.09 bits per heavy atom. The van der Waals surface area contributed by atoms with E-state index in [1.165, 1.54) is 25.3 Å². The number of anilines is 2. The number of pyridine rings is 1. The molecular weight excluding hydrogens is 434 g/mol. The van der Waals surface area contributed by atoms with Gasteiger partial charge in [-0.15, -0.1) is 0 Å². The van der Waals surface area contributed by atoms with Crippen LogP contribution >= 0.6 is 0 Å². The number of nitro benzene ring substituents is 1. The molecule has 1 amide bonds. The van der Waals surface area contributed by atoms with Crippen molar-refractivity contribution in [2.75, 3.05) is 31.4 Å². The first-order valence-corrected chi connectivity index (χ1v) is 11.3. The smallest absolute Gasteiger partial charge is 0.310 e. The van der Waals surface area contributed by atoms with Crippen molar-refractivity contribution in [3.05, 3.63) is 64.2 Å². The van der Waals surface area contributed by atoms with Gasteiger partial charge in [-0.25, -0.2) is 4.98 Å². The lowest BCUT2D eigenvalue weighted by Gasteiger charge is -2.30. The van der Waals surface area contributed by atoms with Crippen LogP contribution in [0.25, 0.3) is 10.9 Å². The molecule has 1 aliphatic rings. The van der Waals surface area contributed by atoms with Crippen molar-refractivity contribution in [3.63, 3.8) is 0 Å². The van der Waals surface area contributed by atoms with Gasteiger partial charge in [0.25, 0.3) is 5.91 Å². The molecule has 9 nitrogen and oxygen atoms in total. The fourth-order valence-corrected chi connectivity index (χ4v) is 4.43. The summed E-state index contributed by atoms with van der Waals surface area (Å²) in [6, 6.07) is 14.7. The van der Waals surface area contributed by atoms with Crippen molar-refractivity contribution in [2.45, 2.75) is 37.8 Å². The van der Waals surface area contributed by atoms with Crippen LogP contribution in [0.1, 0.15) is 36.0 Å². The molecule has 0 aliphatic heterocycles. The second kappa shape index (κ2) is 9.94. The van der Waals surface area contributed by atoms with Crippen molar-refractivity contribution in [3.8, 4) is 5.75 Å². The highest BCUT2D eigenvalue weighted by molar-refractivity contribution is 5.95. The standard InChI is InChI=1S/C25H29N5O4/c1-29(2)22-15-24(28-20-7-5-4-6-19(20)22)26-17-9-11-18(12-10-17)27-25(31)16-8-13-21(30(32)33)23(14-16)34-3/h4-8,13-15,17-18H,9-12H2,1-3H3,(H,26,28)(H,27,31). The van der Waals surface area contributed by atoms with Crippen molar-refractivity contribution < 1.29 is 14.5 Å². The minimum Gasteiger partial charge on any atom is -0.490 e. The molecule has 1 heterocycles. The number of benzene rings is 2. The summed E-state index contributed by atoms with van der Waals surface area (Å²) in [4.78, 5) is 30.1. The van der Waals surface area contributed by atoms with Crippen LogP contribution in [0.3, 0.4) is 0 Å². The van der Waals surface area contributed by atoms with E-state index in [9.17, 15) is 14.9 Å². The van der Waals surface area contributed by atoms with E-state index >= 15 is 0 Å². The Hall–Kier alpha value is -3.88. The molecule has 0 saturated heterocycles. The number of hydrogen-bond donors (Lipinski definition) is 2. The number of rotatable bonds is 7. The molecule has 9 heteroatoms. The number of amides is 1. The minimum atomic E-state index is -0.527. The van der Waals surface area contributed by atoms with Gasteiger partial charge in [0.05, 0.1) is 17.5 Å². The Morgan fingerprint density at radius 3 is 2.47 bits per heavy atom. The van der Waals surface area contributed by atoms with Crippen molar-refractivity contribution in [1.82, 2.24) is 10.3 Å². The summed E-state index contributed by atoms with van der Waals surface area (Å²) in [5.74, 6) is 0.676. The Kier molecular flexibility index (Phi) is 6.81. The van der Waals surface area contributed by atoms with E-state index in [1.54, 1.807) is 0 Å². The number of nitrogens with zero attached hydrogens (tertiary/aromatic N) is 3. The molecule has 0 atom stereocenters. The molecule has 1 saturated carbocycles. The molecular formula is C25H29N5O4. The van der Waals surface area contributed by atoms with E-state index < -0.39 is 4.92 Å². The zero-order chi connectivity index (χ0) is 24.2. The lowest BCUT2D eigenvalue weighted by molar-refractivity contribution is -0.385. The van der Waals surface area contributed by atoms with E-state index in [2.05, 4.69) is 27.7 Å². The summed E-state index contributed by atoms with van der Waals surface area (Å²) >= 11 is 0. The highest BCUT2D eigenvalue weighted by Crippen LogP contribution is 2.30. The first-order valence-electron chi connectivity index (χ1n) is 11.3. The van der Waals surface area contributed by atoms with E-state index in [-0.39, 0.29) is 29.4 Å². The van der Waals surface area contributed by atoms with Crippen LogP contribution < -0.4 is 20.3 Å². The van der Waals surface area contributed by atoms with Crippen molar-refractivity contribution in [2.24, 2.45) is 0 Å². The maximum Gasteiger partial charge on any atom is 0.310 e. The Bertz CT molecular complexity index is 1210. The van der Waals surface area contributed by atoms with E-state index in [1.807, 2.05) is 32.3 Å². The summed E-state index contributed by atoms with van der Waals surface area (Å²) in [6.07, 6.45) is 3.48. The van der Waals surface area contributed by atoms with Crippen LogP contribution in [-0.2, 0) is 0 Å². The highest BCUT2D eigenvalue weighted by atomic mass is 16.6. The van der Waals surface area contributed by atoms with Crippen molar-refractivity contribution >= 4 is 34.0 Å². The molecule has 0 radical (unpaired) electrons. The summed E-state index contributed by atoms with van der Waals surface area (Å²) in [5, 5.41) is 18.8. The summed E-state index contributed by atoms with van der Waals surface area (Å²) in [7, 11) is 5.41. The lowest BCUT2D eigenvalue weighted by atomic mass is 9.91. The Labute approximate surface area is 198 Å². The molecule has 0 bridgehead atoms. The molecule has 1 aliphatic carbocycles. The van der Waals surface area contributed by atoms with Gasteiger partial charge in [0.15, 0.2) is 5.75 Å². The molecule has 2 N–H and O–H groups in total. The predicted molar refractivity (Wildman–Crippen MR) is 133 cm³/mol. The molecule has 4 rings (SSSR count). The lowest BCUT2D eigenvalue weighted by Crippen LogP contribution is -2.40. The number of hydrogen-bond acceptors (Lipinski definition) is 7. The molecule has 0 spiro atoms. The number of carbonyl (C=O) groups is 1. The molecule has 3 aromatic rings. The summed E-state index contributed by atoms with van der Waals surface area (Å²) in [5.41, 5.74) is 2.26. The first-order chi connectivity index (χ1) is 16.4. The van der Waals surface area contributed by atoms with Gasteiger partial charge in [0, 0.05) is 61.0 Å². The van der Waals surface area contributed by atoms with Crippen LogP contribution in [-0.4, -0.2) is 49.1 Å².